The number of carbonyl (C=O) groups is 1. The summed E-state index contributed by atoms with van der Waals surface area (Å²) in [7, 11) is -3.42. The number of terminal acetylenes is 1. The first kappa shape index (κ1) is 14.1. The zero-order chi connectivity index (χ0) is 13.6. The molecule has 6 heteroatoms. The van der Waals surface area contributed by atoms with Crippen LogP contribution in [0.5, 0.6) is 0 Å². The SMILES string of the molecule is C#CCNC(=O)c1ccccc1NS(=O)(=O)CC. The van der Waals surface area contributed by atoms with Crippen molar-refractivity contribution < 1.29 is 13.2 Å². The zero-order valence-electron chi connectivity index (χ0n) is 9.93. The molecule has 0 heterocycles. The van der Waals surface area contributed by atoms with Gasteiger partial charge in [0.2, 0.25) is 10.0 Å². The van der Waals surface area contributed by atoms with E-state index in [2.05, 4.69) is 16.0 Å². The molecule has 1 amide bonds. The van der Waals surface area contributed by atoms with Crippen LogP contribution in [0.1, 0.15) is 17.3 Å². The Kier molecular flexibility index (Phi) is 4.75. The summed E-state index contributed by atoms with van der Waals surface area (Å²) in [6.45, 7) is 1.61. The van der Waals surface area contributed by atoms with Crippen LogP contribution in [0.25, 0.3) is 0 Å². The Bertz CT molecular complexity index is 573. The number of amides is 1. The molecule has 0 aliphatic heterocycles. The number of carbonyl (C=O) groups excluding carboxylic acids is 1. The number of hydrogen-bond donors (Lipinski definition) is 2. The molecule has 1 aromatic rings. The lowest BCUT2D eigenvalue weighted by Crippen LogP contribution is -2.25. The van der Waals surface area contributed by atoms with Gasteiger partial charge in [0.05, 0.1) is 23.5 Å². The summed E-state index contributed by atoms with van der Waals surface area (Å²) >= 11 is 0. The van der Waals surface area contributed by atoms with Crippen molar-refractivity contribution >= 4 is 21.6 Å². The van der Waals surface area contributed by atoms with Gasteiger partial charge in [0.15, 0.2) is 0 Å². The Morgan fingerprint density at radius 3 is 2.67 bits per heavy atom. The fraction of sp³-hybridized carbons (Fsp3) is 0.250. The van der Waals surface area contributed by atoms with E-state index in [1.807, 2.05) is 0 Å². The fourth-order valence-corrected chi connectivity index (χ4v) is 1.89. The summed E-state index contributed by atoms with van der Waals surface area (Å²) in [5, 5.41) is 2.48. The van der Waals surface area contributed by atoms with E-state index in [-0.39, 0.29) is 23.5 Å². The van der Waals surface area contributed by atoms with Gasteiger partial charge in [-0.1, -0.05) is 18.1 Å². The average molecular weight is 266 g/mol. The van der Waals surface area contributed by atoms with Gasteiger partial charge >= 0.3 is 0 Å². The van der Waals surface area contributed by atoms with Gasteiger partial charge in [-0.3, -0.25) is 9.52 Å². The largest absolute Gasteiger partial charge is 0.341 e. The second-order valence-corrected chi connectivity index (χ2v) is 5.45. The molecular weight excluding hydrogens is 252 g/mol. The van der Waals surface area contributed by atoms with Gasteiger partial charge in [0.25, 0.3) is 5.91 Å². The first-order chi connectivity index (χ1) is 8.50. The van der Waals surface area contributed by atoms with E-state index in [0.717, 1.165) is 0 Å². The topological polar surface area (TPSA) is 75.3 Å². The molecule has 0 aromatic heterocycles. The number of anilines is 1. The maximum Gasteiger partial charge on any atom is 0.254 e. The molecule has 0 saturated heterocycles. The molecule has 18 heavy (non-hydrogen) atoms. The highest BCUT2D eigenvalue weighted by Gasteiger charge is 2.14. The number of rotatable bonds is 5. The normalized spacial score (nSPS) is 10.4. The molecule has 0 fully saturated rings. The molecule has 2 N–H and O–H groups in total. The predicted octanol–water partition coefficient (Wildman–Crippen LogP) is 0.811. The summed E-state index contributed by atoms with van der Waals surface area (Å²) in [6.07, 6.45) is 5.04. The lowest BCUT2D eigenvalue weighted by atomic mass is 10.2. The molecule has 1 aromatic carbocycles. The summed E-state index contributed by atoms with van der Waals surface area (Å²) in [6, 6.07) is 6.34. The quantitative estimate of drug-likeness (QED) is 0.774. The van der Waals surface area contributed by atoms with E-state index in [0.29, 0.717) is 0 Å². The van der Waals surface area contributed by atoms with E-state index in [9.17, 15) is 13.2 Å². The van der Waals surface area contributed by atoms with E-state index >= 15 is 0 Å². The summed E-state index contributed by atoms with van der Waals surface area (Å²) in [4.78, 5) is 11.8. The van der Waals surface area contributed by atoms with Crippen LogP contribution in [0, 0.1) is 12.3 Å². The van der Waals surface area contributed by atoms with Gasteiger partial charge in [0, 0.05) is 0 Å². The van der Waals surface area contributed by atoms with Crippen molar-refractivity contribution in [2.45, 2.75) is 6.92 Å². The Hall–Kier alpha value is -2.00. The summed E-state index contributed by atoms with van der Waals surface area (Å²) < 4.78 is 25.3. The first-order valence-corrected chi connectivity index (χ1v) is 6.96. The average Bonchev–Trinajstić information content (AvgIpc) is 2.36. The second-order valence-electron chi connectivity index (χ2n) is 3.44. The van der Waals surface area contributed by atoms with E-state index in [1.54, 1.807) is 12.1 Å². The minimum Gasteiger partial charge on any atom is -0.341 e. The van der Waals surface area contributed by atoms with Crippen LogP contribution in [-0.4, -0.2) is 26.6 Å². The molecule has 0 aliphatic carbocycles. The van der Waals surface area contributed by atoms with Crippen molar-refractivity contribution in [1.29, 1.82) is 0 Å². The predicted molar refractivity (Wildman–Crippen MR) is 70.7 cm³/mol. The number of nitrogens with one attached hydrogen (secondary N) is 2. The van der Waals surface area contributed by atoms with Crippen molar-refractivity contribution in [3.8, 4) is 12.3 Å². The van der Waals surface area contributed by atoms with Crippen molar-refractivity contribution in [1.82, 2.24) is 5.32 Å². The molecule has 0 spiro atoms. The van der Waals surface area contributed by atoms with Crippen LogP contribution in [0.4, 0.5) is 5.69 Å². The third-order valence-corrected chi connectivity index (χ3v) is 3.46. The molecule has 0 bridgehead atoms. The van der Waals surface area contributed by atoms with Gasteiger partial charge < -0.3 is 5.32 Å². The third-order valence-electron chi connectivity index (χ3n) is 2.17. The number of para-hydroxylation sites is 1. The molecule has 0 radical (unpaired) electrons. The van der Waals surface area contributed by atoms with Crippen LogP contribution in [0.3, 0.4) is 0 Å². The molecule has 0 aliphatic rings. The third kappa shape index (κ3) is 3.79. The molecule has 1 rings (SSSR count). The summed E-state index contributed by atoms with van der Waals surface area (Å²) in [5.74, 6) is 1.80. The van der Waals surface area contributed by atoms with Gasteiger partial charge in [-0.15, -0.1) is 6.42 Å². The standard InChI is InChI=1S/C12H14N2O3S/c1-3-9-13-12(15)10-7-5-6-8-11(10)14-18(16,17)4-2/h1,5-8,14H,4,9H2,2H3,(H,13,15). The lowest BCUT2D eigenvalue weighted by molar-refractivity contribution is 0.0959. The first-order valence-electron chi connectivity index (χ1n) is 5.31. The highest BCUT2D eigenvalue weighted by atomic mass is 32.2. The number of benzene rings is 1. The van der Waals surface area contributed by atoms with E-state index in [4.69, 9.17) is 6.42 Å². The smallest absolute Gasteiger partial charge is 0.254 e. The Morgan fingerprint density at radius 2 is 2.06 bits per heavy atom. The number of hydrogen-bond acceptors (Lipinski definition) is 3. The Labute approximate surface area is 107 Å². The van der Waals surface area contributed by atoms with Crippen molar-refractivity contribution in [2.75, 3.05) is 17.0 Å². The molecule has 96 valence electrons. The fourth-order valence-electron chi connectivity index (χ4n) is 1.24. The zero-order valence-corrected chi connectivity index (χ0v) is 10.8. The molecule has 0 saturated carbocycles. The van der Waals surface area contributed by atoms with Gasteiger partial charge in [-0.25, -0.2) is 8.42 Å². The highest BCUT2D eigenvalue weighted by Crippen LogP contribution is 2.16. The van der Waals surface area contributed by atoms with Crippen molar-refractivity contribution in [2.24, 2.45) is 0 Å². The van der Waals surface area contributed by atoms with Crippen LogP contribution < -0.4 is 10.0 Å². The molecule has 5 nitrogen and oxygen atoms in total. The molecule has 0 unspecified atom stereocenters. The van der Waals surface area contributed by atoms with Gasteiger partial charge in [-0.05, 0) is 19.1 Å². The maximum absolute atomic E-state index is 11.8. The Morgan fingerprint density at radius 1 is 1.39 bits per heavy atom. The Balaban J connectivity index is 3.00. The van der Waals surface area contributed by atoms with E-state index in [1.165, 1.54) is 19.1 Å². The summed E-state index contributed by atoms with van der Waals surface area (Å²) in [5.41, 5.74) is 0.485. The minimum atomic E-state index is -3.42. The van der Waals surface area contributed by atoms with Crippen LogP contribution in [0.15, 0.2) is 24.3 Å². The number of sulfonamides is 1. The lowest BCUT2D eigenvalue weighted by Gasteiger charge is -2.10. The van der Waals surface area contributed by atoms with Gasteiger partial charge in [-0.2, -0.15) is 0 Å². The van der Waals surface area contributed by atoms with Crippen LogP contribution >= 0.6 is 0 Å². The monoisotopic (exact) mass is 266 g/mol. The van der Waals surface area contributed by atoms with Crippen LogP contribution in [0.2, 0.25) is 0 Å². The van der Waals surface area contributed by atoms with Crippen molar-refractivity contribution in [3.63, 3.8) is 0 Å². The highest BCUT2D eigenvalue weighted by molar-refractivity contribution is 7.92. The van der Waals surface area contributed by atoms with Crippen molar-refractivity contribution in [3.05, 3.63) is 29.8 Å². The van der Waals surface area contributed by atoms with Gasteiger partial charge in [0.1, 0.15) is 0 Å². The second kappa shape index (κ2) is 6.07. The maximum atomic E-state index is 11.8. The molecule has 0 atom stereocenters. The molecular formula is C12H14N2O3S. The van der Waals surface area contributed by atoms with Crippen LogP contribution in [-0.2, 0) is 10.0 Å². The van der Waals surface area contributed by atoms with E-state index < -0.39 is 15.9 Å². The minimum absolute atomic E-state index is 0.0622.